The molecule has 0 spiro atoms. The molecule has 23 heteroatoms. The number of aromatic nitrogens is 1. The number of rotatable bonds is 18. The molecule has 1 unspecified atom stereocenters. The maximum Gasteiger partial charge on any atom is 0.321 e. The summed E-state index contributed by atoms with van der Waals surface area (Å²) in [6, 6.07) is 2.97. The average molecular weight is 1090 g/mol. The van der Waals surface area contributed by atoms with Gasteiger partial charge in [0.25, 0.3) is 10.0 Å². The largest absolute Gasteiger partial charge is 0.480 e. The number of piperidine rings is 2. The molecule has 0 bridgehead atoms. The number of anilines is 1. The van der Waals surface area contributed by atoms with E-state index >= 15 is 0 Å². The highest BCUT2D eigenvalue weighted by atomic mass is 79.9. The first-order chi connectivity index (χ1) is 25.9. The maximum atomic E-state index is 13.2. The van der Waals surface area contributed by atoms with Gasteiger partial charge in [0.15, 0.2) is 0 Å². The Kier molecular flexibility index (Phi) is 16.4. The number of aliphatic carboxylic acids is 1. The van der Waals surface area contributed by atoms with Crippen molar-refractivity contribution >= 4 is 136 Å². The molecule has 3 aromatic heterocycles. The van der Waals surface area contributed by atoms with Gasteiger partial charge in [0, 0.05) is 47.9 Å². The number of pyridine rings is 1. The first kappa shape index (κ1) is 45.7. The molecule has 2 saturated heterocycles. The molecule has 2 aliphatic heterocycles. The molecule has 0 aliphatic carbocycles. The van der Waals surface area contributed by atoms with Crippen molar-refractivity contribution in [2.24, 2.45) is 11.8 Å². The lowest BCUT2D eigenvalue weighted by Gasteiger charge is -2.34. The maximum absolute atomic E-state index is 13.2. The summed E-state index contributed by atoms with van der Waals surface area (Å²) < 4.78 is 86.2. The van der Waals surface area contributed by atoms with Crippen LogP contribution in [0.2, 0.25) is 8.67 Å². The second-order valence-corrected chi connectivity index (χ2v) is 25.2. The molecular weight excluding hydrogens is 1050 g/mol. The third kappa shape index (κ3) is 12.1. The summed E-state index contributed by atoms with van der Waals surface area (Å²) >= 11 is 23.9. The van der Waals surface area contributed by atoms with Gasteiger partial charge < -0.3 is 10.0 Å². The normalized spacial score (nSPS) is 17.5. The molecule has 3 aromatic rings. The van der Waals surface area contributed by atoms with Crippen molar-refractivity contribution in [3.8, 4) is 0 Å². The molecule has 2 aliphatic rings. The Bertz CT molecular complexity index is 2120. The standard InChI is InChI=1S/C32H40Br3Cl2N5O8S5/c33-23-17-27(51-29(23)36)54(47,48)39-11-2-1-6-26(32(43)44)40-53(45,46)22-16-25(35)31(38-19-22)41-12-7-20(8-13-41)4-3-5-21-9-14-42(15-10-21)55(49,50)28-18-24(34)30(37)52-28/h16-21,26,39-40H,1-15H2,(H,43,44). The molecular formula is C32H40Br3Cl2N5O8S5. The van der Waals surface area contributed by atoms with Gasteiger partial charge in [-0.15, -0.1) is 22.7 Å². The number of carboxylic acid groups (broad SMARTS) is 1. The monoisotopic (exact) mass is 1090 g/mol. The molecule has 0 amide bonds. The van der Waals surface area contributed by atoms with E-state index in [-0.39, 0.29) is 39.1 Å². The summed E-state index contributed by atoms with van der Waals surface area (Å²) in [6.07, 6.45) is 8.54. The highest BCUT2D eigenvalue weighted by Gasteiger charge is 2.32. The van der Waals surface area contributed by atoms with Gasteiger partial charge in [-0.2, -0.15) is 9.03 Å². The van der Waals surface area contributed by atoms with Gasteiger partial charge in [0.1, 0.15) is 33.8 Å². The van der Waals surface area contributed by atoms with E-state index in [0.29, 0.717) is 52.8 Å². The molecule has 3 N–H and O–H groups in total. The molecule has 5 heterocycles. The van der Waals surface area contributed by atoms with E-state index in [2.05, 4.69) is 67.1 Å². The summed E-state index contributed by atoms with van der Waals surface area (Å²) in [6.45, 7) is 2.57. The lowest BCUT2D eigenvalue weighted by atomic mass is 9.87. The van der Waals surface area contributed by atoms with E-state index in [0.717, 1.165) is 80.7 Å². The number of carboxylic acids is 1. The third-order valence-electron chi connectivity index (χ3n) is 9.73. The quantitative estimate of drug-likeness (QED) is 0.105. The number of nitrogens with zero attached hydrogens (tertiary/aromatic N) is 3. The second kappa shape index (κ2) is 19.8. The zero-order valence-corrected chi connectivity index (χ0v) is 39.6. The van der Waals surface area contributed by atoms with Crippen molar-refractivity contribution in [3.05, 3.63) is 46.5 Å². The molecule has 0 radical (unpaired) electrons. The summed E-state index contributed by atoms with van der Waals surface area (Å²) in [5, 5.41) is 9.73. The number of nitrogens with one attached hydrogen (secondary N) is 2. The van der Waals surface area contributed by atoms with Crippen LogP contribution in [0, 0.1) is 11.8 Å². The van der Waals surface area contributed by atoms with Gasteiger partial charge in [-0.1, -0.05) is 42.5 Å². The molecule has 1 atom stereocenters. The molecule has 306 valence electrons. The zero-order chi connectivity index (χ0) is 40.1. The van der Waals surface area contributed by atoms with Gasteiger partial charge in [-0.25, -0.2) is 35.0 Å². The topological polar surface area (TPSA) is 183 Å². The predicted molar refractivity (Wildman–Crippen MR) is 227 cm³/mol. The Morgan fingerprint density at radius 3 is 1.91 bits per heavy atom. The number of hydrogen-bond donors (Lipinski definition) is 3. The van der Waals surface area contributed by atoms with Crippen LogP contribution in [0.4, 0.5) is 5.82 Å². The van der Waals surface area contributed by atoms with Gasteiger partial charge >= 0.3 is 5.97 Å². The fraction of sp³-hybridized carbons (Fsp3) is 0.562. The Balaban J connectivity index is 1.03. The van der Waals surface area contributed by atoms with E-state index in [1.165, 1.54) is 18.3 Å². The number of unbranched alkanes of at least 4 members (excludes halogenated alkanes) is 1. The summed E-state index contributed by atoms with van der Waals surface area (Å²) in [4.78, 5) is 18.3. The van der Waals surface area contributed by atoms with Crippen molar-refractivity contribution in [1.29, 1.82) is 0 Å². The van der Waals surface area contributed by atoms with E-state index in [1.54, 1.807) is 10.4 Å². The van der Waals surface area contributed by atoms with Crippen molar-refractivity contribution in [2.75, 3.05) is 37.6 Å². The molecule has 2 fully saturated rings. The van der Waals surface area contributed by atoms with Crippen molar-refractivity contribution in [2.45, 2.75) is 83.6 Å². The number of halogens is 5. The van der Waals surface area contributed by atoms with Gasteiger partial charge in [0.2, 0.25) is 20.0 Å². The van der Waals surface area contributed by atoms with Gasteiger partial charge in [-0.05, 0) is 123 Å². The Morgan fingerprint density at radius 1 is 0.818 bits per heavy atom. The van der Waals surface area contributed by atoms with Crippen LogP contribution in [0.1, 0.15) is 64.2 Å². The fourth-order valence-corrected chi connectivity index (χ4v) is 15.9. The first-order valence-corrected chi connectivity index (χ1v) is 26.6. The molecule has 13 nitrogen and oxygen atoms in total. The summed E-state index contributed by atoms with van der Waals surface area (Å²) in [5.41, 5.74) is 0. The predicted octanol–water partition coefficient (Wildman–Crippen LogP) is 8.17. The van der Waals surface area contributed by atoms with Crippen molar-refractivity contribution in [1.82, 2.24) is 18.7 Å². The first-order valence-electron chi connectivity index (χ1n) is 17.4. The smallest absolute Gasteiger partial charge is 0.321 e. The van der Waals surface area contributed by atoms with Crippen LogP contribution in [0.5, 0.6) is 0 Å². The Labute approximate surface area is 365 Å². The average Bonchev–Trinajstić information content (AvgIpc) is 3.67. The molecule has 0 saturated carbocycles. The molecule has 55 heavy (non-hydrogen) atoms. The minimum atomic E-state index is -4.24. The SMILES string of the molecule is O=C(O)C(CCCCNS(=O)(=O)c1cc(Br)c(Cl)s1)NS(=O)(=O)c1cnc(N2CCC(CCCC3CCN(S(=O)(=O)c4cc(Br)c(Cl)s4)CC3)CC2)c(Br)c1. The van der Waals surface area contributed by atoms with Crippen molar-refractivity contribution < 1.29 is 35.2 Å². The highest BCUT2D eigenvalue weighted by molar-refractivity contribution is 9.11. The Hall–Kier alpha value is -0.430. The van der Waals surface area contributed by atoms with Crippen LogP contribution >= 0.6 is 93.7 Å². The van der Waals surface area contributed by atoms with Crippen LogP contribution in [-0.4, -0.2) is 84.4 Å². The van der Waals surface area contributed by atoms with E-state index < -0.39 is 42.1 Å². The minimum Gasteiger partial charge on any atom is -0.480 e. The van der Waals surface area contributed by atoms with Gasteiger partial charge in [-0.3, -0.25) is 4.79 Å². The lowest BCUT2D eigenvalue weighted by Crippen LogP contribution is -2.41. The Morgan fingerprint density at radius 2 is 1.38 bits per heavy atom. The lowest BCUT2D eigenvalue weighted by molar-refractivity contribution is -0.139. The summed E-state index contributed by atoms with van der Waals surface area (Å²) in [7, 11) is -11.6. The number of thiophene rings is 2. The molecule has 5 rings (SSSR count). The van der Waals surface area contributed by atoms with E-state index in [1.807, 2.05) is 0 Å². The van der Waals surface area contributed by atoms with Crippen LogP contribution in [-0.2, 0) is 34.9 Å². The fourth-order valence-electron chi connectivity index (χ4n) is 6.64. The number of carbonyl (C=O) groups is 1. The number of sulfonamides is 3. The summed E-state index contributed by atoms with van der Waals surface area (Å²) in [5.74, 6) is 0.316. The van der Waals surface area contributed by atoms with Crippen LogP contribution < -0.4 is 14.3 Å². The second-order valence-electron chi connectivity index (χ2n) is 13.5. The minimum absolute atomic E-state index is 0.0337. The number of hydrogen-bond acceptors (Lipinski definition) is 11. The van der Waals surface area contributed by atoms with E-state index in [9.17, 15) is 35.2 Å². The van der Waals surface area contributed by atoms with Crippen LogP contribution in [0.3, 0.4) is 0 Å². The van der Waals surface area contributed by atoms with Gasteiger partial charge in [0.05, 0.1) is 4.47 Å². The van der Waals surface area contributed by atoms with Crippen molar-refractivity contribution in [3.63, 3.8) is 0 Å². The zero-order valence-electron chi connectivity index (χ0n) is 29.2. The molecule has 0 aromatic carbocycles. The third-order valence-corrected chi connectivity index (χ3v) is 21.0. The highest BCUT2D eigenvalue weighted by Crippen LogP contribution is 2.38. The van der Waals surface area contributed by atoms with Crippen LogP contribution in [0.15, 0.2) is 51.1 Å². The van der Waals surface area contributed by atoms with E-state index in [4.69, 9.17) is 23.2 Å². The van der Waals surface area contributed by atoms with Crippen LogP contribution in [0.25, 0.3) is 0 Å².